The Balaban J connectivity index is 2.10. The number of hydroxylamine groups is 2. The predicted octanol–water partition coefficient (Wildman–Crippen LogP) is 0.239. The van der Waals surface area contributed by atoms with Gasteiger partial charge in [-0.05, 0) is 12.5 Å². The highest BCUT2D eigenvalue weighted by molar-refractivity contribution is 5.92. The molecule has 1 amide bonds. The van der Waals surface area contributed by atoms with Crippen molar-refractivity contribution in [3.05, 3.63) is 39.3 Å². The molecule has 0 spiro atoms. The minimum atomic E-state index is -0.390. The van der Waals surface area contributed by atoms with Crippen molar-refractivity contribution in [2.45, 2.75) is 19.4 Å². The molecule has 0 aliphatic heterocycles. The van der Waals surface area contributed by atoms with E-state index in [4.69, 9.17) is 4.84 Å². The van der Waals surface area contributed by atoms with Crippen molar-refractivity contribution >= 4 is 16.8 Å². The number of hydrogen-bond donors (Lipinski definition) is 0. The van der Waals surface area contributed by atoms with Gasteiger partial charge >= 0.3 is 5.69 Å². The van der Waals surface area contributed by atoms with Crippen molar-refractivity contribution in [2.75, 3.05) is 14.2 Å². The molecule has 0 bridgehead atoms. The highest BCUT2D eigenvalue weighted by atomic mass is 16.7. The van der Waals surface area contributed by atoms with Crippen LogP contribution in [0.15, 0.2) is 28.0 Å². The van der Waals surface area contributed by atoms with E-state index in [1.54, 1.807) is 38.2 Å². The zero-order chi connectivity index (χ0) is 20.6. The third-order valence-electron chi connectivity index (χ3n) is 4.88. The molecule has 3 aromatic rings. The third-order valence-corrected chi connectivity index (χ3v) is 4.88. The zero-order valence-electron chi connectivity index (χ0n) is 16.7. The van der Waals surface area contributed by atoms with Gasteiger partial charge in [-0.2, -0.15) is 5.10 Å². The van der Waals surface area contributed by atoms with Crippen molar-refractivity contribution in [3.8, 4) is 11.4 Å². The molecule has 10 nitrogen and oxygen atoms in total. The second-order valence-electron chi connectivity index (χ2n) is 6.69. The molecule has 3 aromatic heterocycles. The number of aryl methyl sites for hydroxylation is 3. The van der Waals surface area contributed by atoms with Crippen LogP contribution in [-0.2, 0) is 37.3 Å². The summed E-state index contributed by atoms with van der Waals surface area (Å²) in [6, 6.07) is 1.82. The van der Waals surface area contributed by atoms with E-state index in [0.717, 1.165) is 4.57 Å². The molecular weight excluding hydrogens is 364 g/mol. The molecule has 150 valence electrons. The molecule has 0 saturated carbocycles. The Labute approximate surface area is 161 Å². The van der Waals surface area contributed by atoms with Crippen LogP contribution in [-0.4, -0.2) is 48.6 Å². The minimum absolute atomic E-state index is 0.137. The summed E-state index contributed by atoms with van der Waals surface area (Å²) in [4.78, 5) is 42.0. The summed E-state index contributed by atoms with van der Waals surface area (Å²) in [5.41, 5.74) is 1.05. The van der Waals surface area contributed by atoms with E-state index < -0.39 is 0 Å². The Hall–Kier alpha value is -3.14. The predicted molar refractivity (Wildman–Crippen MR) is 104 cm³/mol. The quantitative estimate of drug-likeness (QED) is 0.564. The Morgan fingerprint density at radius 1 is 1.21 bits per heavy atom. The van der Waals surface area contributed by atoms with E-state index in [1.165, 1.54) is 23.8 Å². The summed E-state index contributed by atoms with van der Waals surface area (Å²) < 4.78 is 6.08. The van der Waals surface area contributed by atoms with Crippen LogP contribution in [0.5, 0.6) is 0 Å². The fourth-order valence-electron chi connectivity index (χ4n) is 3.24. The van der Waals surface area contributed by atoms with Crippen molar-refractivity contribution in [2.24, 2.45) is 21.1 Å². The summed E-state index contributed by atoms with van der Waals surface area (Å²) >= 11 is 0. The van der Waals surface area contributed by atoms with E-state index in [2.05, 4.69) is 5.10 Å². The lowest BCUT2D eigenvalue weighted by molar-refractivity contribution is -0.168. The molecule has 3 rings (SSSR count). The SMILES string of the molecule is CON(C)C(=O)CCCn1cc2c(c1-c1ccn(C)n1)c(=O)n(C)c(=O)n2C. The number of hydrogen-bond acceptors (Lipinski definition) is 5. The van der Waals surface area contributed by atoms with Gasteiger partial charge in [0.25, 0.3) is 5.56 Å². The van der Waals surface area contributed by atoms with E-state index in [-0.39, 0.29) is 23.6 Å². The first-order chi connectivity index (χ1) is 13.3. The summed E-state index contributed by atoms with van der Waals surface area (Å²) in [6.07, 6.45) is 4.40. The number of rotatable bonds is 6. The average molecular weight is 388 g/mol. The maximum absolute atomic E-state index is 12.9. The van der Waals surface area contributed by atoms with Crippen LogP contribution < -0.4 is 11.2 Å². The second-order valence-corrected chi connectivity index (χ2v) is 6.69. The Kier molecular flexibility index (Phi) is 5.23. The lowest BCUT2D eigenvalue weighted by Gasteiger charge is -2.13. The molecule has 0 aromatic carbocycles. The molecule has 0 atom stereocenters. The van der Waals surface area contributed by atoms with Crippen LogP contribution in [0.25, 0.3) is 22.3 Å². The summed E-state index contributed by atoms with van der Waals surface area (Å²) in [5.74, 6) is -0.137. The Bertz CT molecular complexity index is 1150. The first-order valence-corrected chi connectivity index (χ1v) is 8.85. The average Bonchev–Trinajstić information content (AvgIpc) is 3.27. The number of carbonyl (C=O) groups is 1. The van der Waals surface area contributed by atoms with Gasteiger partial charge in [0.1, 0.15) is 5.69 Å². The van der Waals surface area contributed by atoms with Gasteiger partial charge in [-0.15, -0.1) is 0 Å². The van der Waals surface area contributed by atoms with Crippen molar-refractivity contribution in [3.63, 3.8) is 0 Å². The largest absolute Gasteiger partial charge is 0.343 e. The fourth-order valence-corrected chi connectivity index (χ4v) is 3.24. The highest BCUT2D eigenvalue weighted by Gasteiger charge is 2.21. The lowest BCUT2D eigenvalue weighted by Crippen LogP contribution is -2.36. The van der Waals surface area contributed by atoms with Crippen molar-refractivity contribution < 1.29 is 9.63 Å². The van der Waals surface area contributed by atoms with Crippen LogP contribution >= 0.6 is 0 Å². The van der Waals surface area contributed by atoms with Gasteiger partial charge in [-0.1, -0.05) is 0 Å². The van der Waals surface area contributed by atoms with E-state index in [1.807, 2.05) is 10.6 Å². The van der Waals surface area contributed by atoms with Crippen LogP contribution in [0.2, 0.25) is 0 Å². The van der Waals surface area contributed by atoms with Gasteiger partial charge in [0, 0.05) is 53.5 Å². The number of carbonyl (C=O) groups excluding carboxylic acids is 1. The van der Waals surface area contributed by atoms with Gasteiger partial charge in [-0.3, -0.25) is 28.2 Å². The topological polar surface area (TPSA) is 96.3 Å². The van der Waals surface area contributed by atoms with Gasteiger partial charge in [0.05, 0.1) is 23.7 Å². The van der Waals surface area contributed by atoms with E-state index in [9.17, 15) is 14.4 Å². The van der Waals surface area contributed by atoms with E-state index in [0.29, 0.717) is 35.3 Å². The maximum atomic E-state index is 12.9. The third kappa shape index (κ3) is 3.26. The highest BCUT2D eigenvalue weighted by Crippen LogP contribution is 2.27. The van der Waals surface area contributed by atoms with Gasteiger partial charge in [0.15, 0.2) is 0 Å². The van der Waals surface area contributed by atoms with Crippen LogP contribution in [0.3, 0.4) is 0 Å². The normalized spacial score (nSPS) is 11.3. The molecule has 28 heavy (non-hydrogen) atoms. The standard InChI is InChI=1S/C18H24N6O4/c1-20-10-8-12(19-20)16-15-13(21(2)18(27)22(3)17(15)26)11-24(16)9-6-7-14(25)23(4)28-5/h8,10-11H,6-7,9H2,1-5H3. The molecule has 3 heterocycles. The van der Waals surface area contributed by atoms with Crippen molar-refractivity contribution in [1.29, 1.82) is 0 Å². The minimum Gasteiger partial charge on any atom is -0.343 e. The number of fused-ring (bicyclic) bond motifs is 1. The zero-order valence-corrected chi connectivity index (χ0v) is 16.7. The van der Waals surface area contributed by atoms with Gasteiger partial charge in [-0.25, -0.2) is 9.86 Å². The van der Waals surface area contributed by atoms with Crippen LogP contribution in [0.1, 0.15) is 12.8 Å². The second kappa shape index (κ2) is 7.47. The van der Waals surface area contributed by atoms with Gasteiger partial charge in [0.2, 0.25) is 5.91 Å². The number of aromatic nitrogens is 5. The summed E-state index contributed by atoms with van der Waals surface area (Å²) in [6.45, 7) is 0.487. The molecule has 0 radical (unpaired) electrons. The first kappa shape index (κ1) is 19.6. The Morgan fingerprint density at radius 3 is 2.54 bits per heavy atom. The Morgan fingerprint density at radius 2 is 1.93 bits per heavy atom. The van der Waals surface area contributed by atoms with Gasteiger partial charge < -0.3 is 4.57 Å². The monoisotopic (exact) mass is 388 g/mol. The lowest BCUT2D eigenvalue weighted by atomic mass is 10.2. The van der Waals surface area contributed by atoms with Crippen LogP contribution in [0, 0.1) is 0 Å². The molecule has 0 unspecified atom stereocenters. The smallest absolute Gasteiger partial charge is 0.330 e. The van der Waals surface area contributed by atoms with Crippen LogP contribution in [0.4, 0.5) is 0 Å². The molecule has 10 heteroatoms. The first-order valence-electron chi connectivity index (χ1n) is 8.85. The summed E-state index contributed by atoms with van der Waals surface area (Å²) in [7, 11) is 7.89. The molecule has 0 aliphatic carbocycles. The molecular formula is C18H24N6O4. The summed E-state index contributed by atoms with van der Waals surface area (Å²) in [5, 5.41) is 6.06. The molecule has 0 fully saturated rings. The molecule has 0 saturated heterocycles. The molecule has 0 aliphatic rings. The van der Waals surface area contributed by atoms with Crippen molar-refractivity contribution in [1.82, 2.24) is 28.5 Å². The maximum Gasteiger partial charge on any atom is 0.330 e. The number of nitrogens with zero attached hydrogens (tertiary/aromatic N) is 6. The fraction of sp³-hybridized carbons (Fsp3) is 0.444. The van der Waals surface area contributed by atoms with E-state index >= 15 is 0 Å². The molecule has 0 N–H and O–H groups in total. The number of amides is 1.